The Morgan fingerprint density at radius 3 is 2.90 bits per heavy atom. The van der Waals surface area contributed by atoms with Crippen LogP contribution in [0.4, 0.5) is 15.9 Å². The molecule has 4 rings (SSSR count). The van der Waals surface area contributed by atoms with Crippen LogP contribution in [-0.2, 0) is 4.74 Å². The number of halogens is 3. The lowest BCUT2D eigenvalue weighted by Gasteiger charge is -2.30. The number of ether oxygens (including phenoxy) is 3. The van der Waals surface area contributed by atoms with Gasteiger partial charge in [-0.15, -0.1) is 0 Å². The second kappa shape index (κ2) is 9.52. The summed E-state index contributed by atoms with van der Waals surface area (Å²) in [6, 6.07) is 6.33. The molecule has 1 unspecified atom stereocenters. The van der Waals surface area contributed by atoms with Crippen LogP contribution in [0.3, 0.4) is 0 Å². The minimum atomic E-state index is -0.465. The van der Waals surface area contributed by atoms with E-state index in [9.17, 15) is 4.39 Å². The zero-order valence-electron chi connectivity index (χ0n) is 17.0. The van der Waals surface area contributed by atoms with Crippen molar-refractivity contribution in [1.82, 2.24) is 14.9 Å². The van der Waals surface area contributed by atoms with E-state index >= 15 is 0 Å². The predicted octanol–water partition coefficient (Wildman–Crippen LogP) is 4.65. The number of hydrogen-bond acceptors (Lipinski definition) is 7. The normalized spacial score (nSPS) is 17.0. The summed E-state index contributed by atoms with van der Waals surface area (Å²) in [5.74, 6) is 1.02. The molecule has 1 N–H and O–H groups in total. The number of fused-ring (bicyclic) bond motifs is 1. The number of nitrogens with zero attached hydrogens (tertiary/aromatic N) is 3. The molecule has 10 heteroatoms. The monoisotopic (exact) mass is 510 g/mol. The molecule has 0 bridgehead atoms. The Morgan fingerprint density at radius 2 is 2.13 bits per heavy atom. The van der Waals surface area contributed by atoms with Crippen LogP contribution in [0.2, 0.25) is 5.02 Å². The minimum absolute atomic E-state index is 0.0214. The molecule has 3 aromatic rings. The number of benzene rings is 2. The summed E-state index contributed by atoms with van der Waals surface area (Å²) >= 11 is 9.32. The highest BCUT2D eigenvalue weighted by molar-refractivity contribution is 9.10. The standard InChI is InChI=1S/C21H21BrClFN4O3/c1-28-3-4-30-12(9-28)10-31-20-8-17-13(5-19(20)29-2)21(26-11-25-17)27-18-7-15(23)14(22)6-16(18)24/h5-8,11-12H,3-4,9-10H2,1-2H3,(H,25,26,27). The van der Waals surface area contributed by atoms with E-state index in [4.69, 9.17) is 25.8 Å². The lowest BCUT2D eigenvalue weighted by atomic mass is 10.2. The Bertz CT molecular complexity index is 1100. The van der Waals surface area contributed by atoms with Gasteiger partial charge < -0.3 is 24.4 Å². The van der Waals surface area contributed by atoms with Crippen LogP contribution in [-0.4, -0.2) is 61.4 Å². The molecule has 1 atom stereocenters. The molecule has 31 heavy (non-hydrogen) atoms. The lowest BCUT2D eigenvalue weighted by molar-refractivity contribution is -0.0406. The first-order valence-electron chi connectivity index (χ1n) is 9.62. The van der Waals surface area contributed by atoms with Crippen LogP contribution in [0.25, 0.3) is 10.9 Å². The van der Waals surface area contributed by atoms with Gasteiger partial charge in [-0.1, -0.05) is 11.6 Å². The average molecular weight is 512 g/mol. The molecular formula is C21H21BrClFN4O3. The van der Waals surface area contributed by atoms with Crippen molar-refractivity contribution in [2.24, 2.45) is 0 Å². The molecule has 1 aliphatic rings. The molecule has 0 amide bonds. The number of anilines is 2. The molecule has 0 radical (unpaired) electrons. The van der Waals surface area contributed by atoms with Crippen molar-refractivity contribution < 1.29 is 18.6 Å². The summed E-state index contributed by atoms with van der Waals surface area (Å²) in [6.07, 6.45) is 1.38. The summed E-state index contributed by atoms with van der Waals surface area (Å²) in [5.41, 5.74) is 0.824. The van der Waals surface area contributed by atoms with Gasteiger partial charge in [0, 0.05) is 29.0 Å². The van der Waals surface area contributed by atoms with Gasteiger partial charge in [-0.05, 0) is 41.2 Å². The molecule has 164 valence electrons. The first kappa shape index (κ1) is 22.0. The summed E-state index contributed by atoms with van der Waals surface area (Å²) in [5, 5.41) is 4.02. The highest BCUT2D eigenvalue weighted by atomic mass is 79.9. The third-order valence-corrected chi connectivity index (χ3v) is 6.15. The first-order valence-corrected chi connectivity index (χ1v) is 10.8. The highest BCUT2D eigenvalue weighted by Crippen LogP contribution is 2.36. The van der Waals surface area contributed by atoms with Gasteiger partial charge in [0.1, 0.15) is 30.7 Å². The second-order valence-electron chi connectivity index (χ2n) is 7.18. The Morgan fingerprint density at radius 1 is 1.29 bits per heavy atom. The quantitative estimate of drug-likeness (QED) is 0.483. The minimum Gasteiger partial charge on any atom is -0.493 e. The summed E-state index contributed by atoms with van der Waals surface area (Å²) in [6.45, 7) is 2.78. The van der Waals surface area contributed by atoms with Gasteiger partial charge in [0.2, 0.25) is 0 Å². The molecule has 0 spiro atoms. The van der Waals surface area contributed by atoms with Gasteiger partial charge in [-0.2, -0.15) is 0 Å². The maximum absolute atomic E-state index is 14.4. The van der Waals surface area contributed by atoms with Crippen LogP contribution in [0, 0.1) is 5.82 Å². The van der Waals surface area contributed by atoms with Crippen molar-refractivity contribution in [2.45, 2.75) is 6.10 Å². The van der Waals surface area contributed by atoms with Gasteiger partial charge in [0.25, 0.3) is 0 Å². The van der Waals surface area contributed by atoms with Crippen molar-refractivity contribution in [2.75, 3.05) is 45.8 Å². The van der Waals surface area contributed by atoms with Gasteiger partial charge in [0.15, 0.2) is 11.5 Å². The molecule has 1 aliphatic heterocycles. The molecule has 1 fully saturated rings. The van der Waals surface area contributed by atoms with Gasteiger partial charge in [-0.25, -0.2) is 14.4 Å². The highest BCUT2D eigenvalue weighted by Gasteiger charge is 2.20. The molecular weight excluding hydrogens is 491 g/mol. The molecule has 2 aromatic carbocycles. The third kappa shape index (κ3) is 5.01. The number of likely N-dealkylation sites (N-methyl/N-ethyl adjacent to an activating group) is 1. The van der Waals surface area contributed by atoms with Gasteiger partial charge in [-0.3, -0.25) is 0 Å². The molecule has 2 heterocycles. The fourth-order valence-electron chi connectivity index (χ4n) is 3.33. The number of morpholine rings is 1. The fourth-order valence-corrected chi connectivity index (χ4v) is 3.81. The van der Waals surface area contributed by atoms with Crippen LogP contribution in [0.1, 0.15) is 0 Å². The Balaban J connectivity index is 1.61. The van der Waals surface area contributed by atoms with Crippen molar-refractivity contribution in [3.05, 3.63) is 45.9 Å². The number of rotatable bonds is 6. The second-order valence-corrected chi connectivity index (χ2v) is 8.44. The summed E-state index contributed by atoms with van der Waals surface area (Å²) in [4.78, 5) is 10.8. The van der Waals surface area contributed by atoms with E-state index in [0.29, 0.717) is 50.9 Å². The van der Waals surface area contributed by atoms with Crippen molar-refractivity contribution >= 4 is 49.9 Å². The van der Waals surface area contributed by atoms with Crippen molar-refractivity contribution in [3.63, 3.8) is 0 Å². The van der Waals surface area contributed by atoms with Gasteiger partial charge in [0.05, 0.1) is 29.9 Å². The van der Waals surface area contributed by atoms with Crippen LogP contribution < -0.4 is 14.8 Å². The Kier molecular flexibility index (Phi) is 6.76. The van der Waals surface area contributed by atoms with Crippen LogP contribution >= 0.6 is 27.5 Å². The van der Waals surface area contributed by atoms with E-state index in [2.05, 4.69) is 43.2 Å². The number of hydrogen-bond donors (Lipinski definition) is 1. The van der Waals surface area contributed by atoms with Crippen molar-refractivity contribution in [3.8, 4) is 11.5 Å². The van der Waals surface area contributed by atoms with Crippen LogP contribution in [0.15, 0.2) is 35.1 Å². The summed E-state index contributed by atoms with van der Waals surface area (Å²) < 4.78 is 32.1. The Labute approximate surface area is 192 Å². The average Bonchev–Trinajstić information content (AvgIpc) is 2.75. The molecule has 1 saturated heterocycles. The van der Waals surface area contributed by atoms with E-state index < -0.39 is 5.82 Å². The summed E-state index contributed by atoms with van der Waals surface area (Å²) in [7, 11) is 3.61. The number of nitrogens with one attached hydrogen (secondary N) is 1. The maximum Gasteiger partial charge on any atom is 0.163 e. The molecule has 0 aliphatic carbocycles. The van der Waals surface area contributed by atoms with E-state index in [-0.39, 0.29) is 11.8 Å². The largest absolute Gasteiger partial charge is 0.493 e. The molecule has 0 saturated carbocycles. The lowest BCUT2D eigenvalue weighted by Crippen LogP contribution is -2.42. The first-order chi connectivity index (χ1) is 14.9. The fraction of sp³-hybridized carbons (Fsp3) is 0.333. The SMILES string of the molecule is COc1cc2c(Nc3cc(Cl)c(Br)cc3F)ncnc2cc1OCC1CN(C)CCO1. The Hall–Kier alpha value is -2.20. The van der Waals surface area contributed by atoms with Crippen molar-refractivity contribution in [1.29, 1.82) is 0 Å². The van der Waals surface area contributed by atoms with E-state index in [1.807, 2.05) is 0 Å². The zero-order chi connectivity index (χ0) is 22.0. The number of aromatic nitrogens is 2. The van der Waals surface area contributed by atoms with Crippen LogP contribution in [0.5, 0.6) is 11.5 Å². The smallest absolute Gasteiger partial charge is 0.163 e. The molecule has 7 nitrogen and oxygen atoms in total. The molecule has 1 aromatic heterocycles. The number of methoxy groups -OCH3 is 1. The van der Waals surface area contributed by atoms with E-state index in [1.54, 1.807) is 19.2 Å². The predicted molar refractivity (Wildman–Crippen MR) is 121 cm³/mol. The van der Waals surface area contributed by atoms with E-state index in [0.717, 1.165) is 13.1 Å². The van der Waals surface area contributed by atoms with E-state index in [1.165, 1.54) is 18.5 Å². The zero-order valence-corrected chi connectivity index (χ0v) is 19.3. The third-order valence-electron chi connectivity index (χ3n) is 4.95. The van der Waals surface area contributed by atoms with Gasteiger partial charge >= 0.3 is 0 Å². The topological polar surface area (TPSA) is 68.7 Å². The maximum atomic E-state index is 14.4.